The molecule has 1 N–H and O–H groups in total. The summed E-state index contributed by atoms with van der Waals surface area (Å²) in [4.78, 5) is 12.3. The number of halogens is 2. The fourth-order valence-electron chi connectivity index (χ4n) is 2.15. The molecule has 116 valence electrons. The summed E-state index contributed by atoms with van der Waals surface area (Å²) in [6, 6.07) is 11.2. The molecule has 3 aromatic rings. The second-order valence-electron chi connectivity index (χ2n) is 4.92. The van der Waals surface area contributed by atoms with Gasteiger partial charge in [-0.05, 0) is 46.3 Å². The molecule has 0 aliphatic rings. The SMILES string of the molecule is Cn1cnnc1-c1cccc(NC(=O)c2ccc(F)cc2Br)c1. The molecule has 1 heterocycles. The average Bonchev–Trinajstić information content (AvgIpc) is 2.93. The molecule has 23 heavy (non-hydrogen) atoms. The Kier molecular flexibility index (Phi) is 4.20. The van der Waals surface area contributed by atoms with E-state index in [1.54, 1.807) is 23.0 Å². The van der Waals surface area contributed by atoms with Gasteiger partial charge in [0.1, 0.15) is 12.1 Å². The van der Waals surface area contributed by atoms with E-state index in [9.17, 15) is 9.18 Å². The molecule has 7 heteroatoms. The summed E-state index contributed by atoms with van der Waals surface area (Å²) in [6.07, 6.45) is 1.61. The smallest absolute Gasteiger partial charge is 0.256 e. The lowest BCUT2D eigenvalue weighted by molar-refractivity contribution is 0.102. The summed E-state index contributed by atoms with van der Waals surface area (Å²) in [5.41, 5.74) is 1.81. The third-order valence-electron chi connectivity index (χ3n) is 3.27. The number of aromatic nitrogens is 3. The molecule has 0 saturated heterocycles. The van der Waals surface area contributed by atoms with Crippen LogP contribution in [0.1, 0.15) is 10.4 Å². The van der Waals surface area contributed by atoms with Gasteiger partial charge in [-0.15, -0.1) is 10.2 Å². The van der Waals surface area contributed by atoms with Crippen LogP contribution in [0.25, 0.3) is 11.4 Å². The minimum atomic E-state index is -0.405. The van der Waals surface area contributed by atoms with Crippen molar-refractivity contribution in [1.82, 2.24) is 14.8 Å². The number of anilines is 1. The van der Waals surface area contributed by atoms with Gasteiger partial charge in [0.25, 0.3) is 5.91 Å². The predicted octanol–water partition coefficient (Wildman–Crippen LogP) is 3.64. The first-order valence-corrected chi connectivity index (χ1v) is 7.55. The predicted molar refractivity (Wildman–Crippen MR) is 88.5 cm³/mol. The van der Waals surface area contributed by atoms with Crippen molar-refractivity contribution in [2.24, 2.45) is 7.05 Å². The molecule has 0 spiro atoms. The largest absolute Gasteiger partial charge is 0.322 e. The molecular formula is C16H12BrFN4O. The Morgan fingerprint density at radius 2 is 2.09 bits per heavy atom. The lowest BCUT2D eigenvalue weighted by atomic mass is 10.1. The molecule has 0 aliphatic carbocycles. The van der Waals surface area contributed by atoms with E-state index in [0.29, 0.717) is 21.5 Å². The van der Waals surface area contributed by atoms with Crippen molar-refractivity contribution in [3.8, 4) is 11.4 Å². The number of nitrogens with one attached hydrogen (secondary N) is 1. The monoisotopic (exact) mass is 374 g/mol. The lowest BCUT2D eigenvalue weighted by Gasteiger charge is -2.08. The molecule has 0 fully saturated rings. The topological polar surface area (TPSA) is 59.8 Å². The van der Waals surface area contributed by atoms with Gasteiger partial charge < -0.3 is 9.88 Å². The molecular weight excluding hydrogens is 363 g/mol. The fourth-order valence-corrected chi connectivity index (χ4v) is 2.68. The zero-order chi connectivity index (χ0) is 16.4. The van der Waals surface area contributed by atoms with Gasteiger partial charge in [0, 0.05) is 22.8 Å². The fraction of sp³-hybridized carbons (Fsp3) is 0.0625. The van der Waals surface area contributed by atoms with E-state index in [1.165, 1.54) is 18.2 Å². The highest BCUT2D eigenvalue weighted by atomic mass is 79.9. The maximum Gasteiger partial charge on any atom is 0.256 e. The van der Waals surface area contributed by atoms with Crippen molar-refractivity contribution in [3.05, 3.63) is 64.6 Å². The standard InChI is InChI=1S/C16H12BrFN4O/c1-22-9-19-21-15(22)10-3-2-4-12(7-10)20-16(23)13-6-5-11(18)8-14(13)17/h2-9H,1H3,(H,20,23). The number of amides is 1. The molecule has 0 unspecified atom stereocenters. The number of rotatable bonds is 3. The third-order valence-corrected chi connectivity index (χ3v) is 3.92. The van der Waals surface area contributed by atoms with Crippen molar-refractivity contribution < 1.29 is 9.18 Å². The zero-order valence-electron chi connectivity index (χ0n) is 12.1. The molecule has 3 rings (SSSR count). The molecule has 0 atom stereocenters. The van der Waals surface area contributed by atoms with Crippen LogP contribution in [-0.4, -0.2) is 20.7 Å². The minimum absolute atomic E-state index is 0.327. The highest BCUT2D eigenvalue weighted by Crippen LogP contribution is 2.22. The molecule has 0 bridgehead atoms. The van der Waals surface area contributed by atoms with Crippen LogP contribution in [0.15, 0.2) is 53.3 Å². The number of hydrogen-bond donors (Lipinski definition) is 1. The normalized spacial score (nSPS) is 10.6. The van der Waals surface area contributed by atoms with E-state index in [1.807, 2.05) is 19.2 Å². The quantitative estimate of drug-likeness (QED) is 0.761. The number of nitrogens with zero attached hydrogens (tertiary/aromatic N) is 3. The van der Waals surface area contributed by atoms with Crippen molar-refractivity contribution in [2.75, 3.05) is 5.32 Å². The number of carbonyl (C=O) groups is 1. The average molecular weight is 375 g/mol. The highest BCUT2D eigenvalue weighted by Gasteiger charge is 2.12. The Balaban J connectivity index is 1.86. The molecule has 0 radical (unpaired) electrons. The van der Waals surface area contributed by atoms with E-state index in [-0.39, 0.29) is 5.91 Å². The van der Waals surface area contributed by atoms with Crippen molar-refractivity contribution in [1.29, 1.82) is 0 Å². The molecule has 0 aliphatic heterocycles. The maximum absolute atomic E-state index is 13.1. The lowest BCUT2D eigenvalue weighted by Crippen LogP contribution is -2.12. The summed E-state index contributed by atoms with van der Waals surface area (Å²) in [7, 11) is 1.84. The van der Waals surface area contributed by atoms with Crippen LogP contribution in [0.4, 0.5) is 10.1 Å². The molecule has 0 saturated carbocycles. The number of benzene rings is 2. The first kappa shape index (κ1) is 15.4. The Morgan fingerprint density at radius 1 is 1.26 bits per heavy atom. The van der Waals surface area contributed by atoms with E-state index in [4.69, 9.17) is 0 Å². The number of hydrogen-bond acceptors (Lipinski definition) is 3. The van der Waals surface area contributed by atoms with E-state index in [2.05, 4.69) is 31.4 Å². The van der Waals surface area contributed by atoms with Gasteiger partial charge in [-0.2, -0.15) is 0 Å². The van der Waals surface area contributed by atoms with Gasteiger partial charge >= 0.3 is 0 Å². The minimum Gasteiger partial charge on any atom is -0.322 e. The molecule has 2 aromatic carbocycles. The van der Waals surface area contributed by atoms with Gasteiger partial charge in [0.05, 0.1) is 5.56 Å². The molecule has 1 aromatic heterocycles. The Morgan fingerprint density at radius 3 is 2.78 bits per heavy atom. The van der Waals surface area contributed by atoms with Crippen molar-refractivity contribution in [2.45, 2.75) is 0 Å². The second kappa shape index (κ2) is 6.29. The van der Waals surface area contributed by atoms with Gasteiger partial charge in [0.2, 0.25) is 0 Å². The zero-order valence-corrected chi connectivity index (χ0v) is 13.7. The Hall–Kier alpha value is -2.54. The van der Waals surface area contributed by atoms with Gasteiger partial charge in [-0.1, -0.05) is 12.1 Å². The number of aryl methyl sites for hydroxylation is 1. The van der Waals surface area contributed by atoms with E-state index in [0.717, 1.165) is 5.56 Å². The summed E-state index contributed by atoms with van der Waals surface area (Å²) in [6.45, 7) is 0. The van der Waals surface area contributed by atoms with Crippen LogP contribution < -0.4 is 5.32 Å². The Bertz CT molecular complexity index is 878. The second-order valence-corrected chi connectivity index (χ2v) is 5.78. The first-order valence-electron chi connectivity index (χ1n) is 6.75. The van der Waals surface area contributed by atoms with Crippen LogP contribution in [0.5, 0.6) is 0 Å². The first-order chi connectivity index (χ1) is 11.0. The summed E-state index contributed by atoms with van der Waals surface area (Å²) in [5.74, 6) is -0.0336. The van der Waals surface area contributed by atoms with Crippen molar-refractivity contribution >= 4 is 27.5 Å². The van der Waals surface area contributed by atoms with E-state index < -0.39 is 5.82 Å². The van der Waals surface area contributed by atoms with Crippen LogP contribution in [0.3, 0.4) is 0 Å². The van der Waals surface area contributed by atoms with Crippen LogP contribution in [0, 0.1) is 5.82 Å². The van der Waals surface area contributed by atoms with Crippen LogP contribution >= 0.6 is 15.9 Å². The molecule has 1 amide bonds. The van der Waals surface area contributed by atoms with Crippen LogP contribution in [0.2, 0.25) is 0 Å². The summed E-state index contributed by atoms with van der Waals surface area (Å²) in [5, 5.41) is 10.7. The maximum atomic E-state index is 13.1. The van der Waals surface area contributed by atoms with Gasteiger partial charge in [-0.3, -0.25) is 4.79 Å². The Labute approximate surface area is 140 Å². The summed E-state index contributed by atoms with van der Waals surface area (Å²) < 4.78 is 15.3. The number of carbonyl (C=O) groups excluding carboxylic acids is 1. The van der Waals surface area contributed by atoms with Crippen molar-refractivity contribution in [3.63, 3.8) is 0 Å². The van der Waals surface area contributed by atoms with E-state index >= 15 is 0 Å². The molecule has 5 nitrogen and oxygen atoms in total. The third kappa shape index (κ3) is 3.29. The van der Waals surface area contributed by atoms with Crippen LogP contribution in [-0.2, 0) is 7.05 Å². The van der Waals surface area contributed by atoms with Gasteiger partial charge in [0.15, 0.2) is 5.82 Å². The summed E-state index contributed by atoms with van der Waals surface area (Å²) >= 11 is 3.19. The highest BCUT2D eigenvalue weighted by molar-refractivity contribution is 9.10. The van der Waals surface area contributed by atoms with Gasteiger partial charge in [-0.25, -0.2) is 4.39 Å².